The topological polar surface area (TPSA) is 33.2 Å². The third-order valence-corrected chi connectivity index (χ3v) is 6.21. The van der Waals surface area contributed by atoms with E-state index in [1.54, 1.807) is 11.3 Å². The Balaban J connectivity index is 1.74. The number of carbonyl (C=O) groups is 1. The summed E-state index contributed by atoms with van der Waals surface area (Å²) in [4.78, 5) is 20.7. The summed E-state index contributed by atoms with van der Waals surface area (Å²) < 4.78 is 0. The van der Waals surface area contributed by atoms with Crippen molar-refractivity contribution in [1.29, 1.82) is 0 Å². The second-order valence-electron chi connectivity index (χ2n) is 6.79. The quantitative estimate of drug-likeness (QED) is 0.827. The fourth-order valence-corrected chi connectivity index (χ4v) is 4.99. The van der Waals surface area contributed by atoms with Crippen LogP contribution in [-0.2, 0) is 0 Å². The Kier molecular flexibility index (Phi) is 3.52. The highest BCUT2D eigenvalue weighted by Gasteiger charge is 2.46. The van der Waals surface area contributed by atoms with Gasteiger partial charge in [-0.2, -0.15) is 0 Å². The van der Waals surface area contributed by atoms with E-state index >= 15 is 0 Å². The van der Waals surface area contributed by atoms with Crippen molar-refractivity contribution < 1.29 is 4.79 Å². The average molecular weight is 325 g/mol. The molecule has 2 heterocycles. The van der Waals surface area contributed by atoms with E-state index < -0.39 is 0 Å². The van der Waals surface area contributed by atoms with E-state index in [-0.39, 0.29) is 11.9 Å². The molecule has 1 aliphatic carbocycles. The molecule has 3 atom stereocenters. The Labute approximate surface area is 141 Å². The number of fused-ring (bicyclic) bond motifs is 2. The zero-order valence-corrected chi connectivity index (χ0v) is 14.4. The number of aromatic nitrogens is 1. The number of hydrogen-bond acceptors (Lipinski definition) is 3. The van der Waals surface area contributed by atoms with Crippen molar-refractivity contribution in [2.75, 3.05) is 0 Å². The van der Waals surface area contributed by atoms with Gasteiger partial charge >= 0.3 is 0 Å². The average Bonchev–Trinajstić information content (AvgIpc) is 3.20. The summed E-state index contributed by atoms with van der Waals surface area (Å²) in [5.41, 5.74) is 2.89. The summed E-state index contributed by atoms with van der Waals surface area (Å²) in [6.45, 7) is 8.30. The van der Waals surface area contributed by atoms with Crippen molar-refractivity contribution in [2.45, 2.75) is 45.2 Å². The van der Waals surface area contributed by atoms with Crippen LogP contribution >= 0.6 is 11.3 Å². The Morgan fingerprint density at radius 3 is 2.87 bits per heavy atom. The smallest absolute Gasteiger partial charge is 0.274 e. The van der Waals surface area contributed by atoms with Gasteiger partial charge in [-0.25, -0.2) is 4.98 Å². The summed E-state index contributed by atoms with van der Waals surface area (Å²) in [5, 5.41) is 0.940. The minimum absolute atomic E-state index is 0.0676. The molecule has 4 heteroatoms. The van der Waals surface area contributed by atoms with E-state index in [1.165, 1.54) is 12.0 Å². The molecule has 1 aliphatic heterocycles. The number of carbonyl (C=O) groups excluding carboxylic acids is 1. The van der Waals surface area contributed by atoms with Crippen LogP contribution in [-0.4, -0.2) is 27.9 Å². The second-order valence-corrected chi connectivity index (χ2v) is 7.99. The number of thiazole rings is 1. The van der Waals surface area contributed by atoms with E-state index in [0.717, 1.165) is 28.3 Å². The number of aryl methyl sites for hydroxylation is 2. The highest BCUT2D eigenvalue weighted by Crippen LogP contribution is 2.43. The number of rotatable bonds is 2. The first-order valence-electron chi connectivity index (χ1n) is 8.25. The van der Waals surface area contributed by atoms with Crippen LogP contribution in [0.4, 0.5) is 0 Å². The summed E-state index contributed by atoms with van der Waals surface area (Å²) in [6.07, 6.45) is 3.44. The van der Waals surface area contributed by atoms with Gasteiger partial charge < -0.3 is 4.90 Å². The maximum atomic E-state index is 13.2. The van der Waals surface area contributed by atoms with Gasteiger partial charge in [0.15, 0.2) is 0 Å². The lowest BCUT2D eigenvalue weighted by atomic mass is 10.00. The highest BCUT2D eigenvalue weighted by atomic mass is 32.1. The van der Waals surface area contributed by atoms with Crippen LogP contribution in [0.5, 0.6) is 0 Å². The molecule has 2 aromatic rings. The van der Waals surface area contributed by atoms with Crippen LogP contribution in [0.15, 0.2) is 24.3 Å². The Morgan fingerprint density at radius 2 is 2.17 bits per heavy atom. The Morgan fingerprint density at radius 1 is 1.35 bits per heavy atom. The van der Waals surface area contributed by atoms with Gasteiger partial charge in [0.2, 0.25) is 0 Å². The highest BCUT2D eigenvalue weighted by molar-refractivity contribution is 7.15. The van der Waals surface area contributed by atoms with Gasteiger partial charge in [-0.1, -0.05) is 29.8 Å². The largest absolute Gasteiger partial charge is 0.331 e. The van der Waals surface area contributed by atoms with Gasteiger partial charge in [0.25, 0.3) is 5.91 Å². The minimum atomic E-state index is 0.0676. The van der Waals surface area contributed by atoms with Gasteiger partial charge in [-0.15, -0.1) is 11.3 Å². The predicted molar refractivity (Wildman–Crippen MR) is 93.5 cm³/mol. The fraction of sp³-hybridized carbons (Fsp3) is 0.421. The second kappa shape index (κ2) is 5.45. The third kappa shape index (κ3) is 2.40. The predicted octanol–water partition coefficient (Wildman–Crippen LogP) is 4.25. The zero-order valence-electron chi connectivity index (χ0n) is 13.6. The van der Waals surface area contributed by atoms with Gasteiger partial charge in [-0.05, 0) is 51.5 Å². The van der Waals surface area contributed by atoms with Gasteiger partial charge in [0.05, 0.1) is 9.88 Å². The molecule has 2 fully saturated rings. The number of piperidine rings is 1. The van der Waals surface area contributed by atoms with Crippen LogP contribution < -0.4 is 0 Å². The molecule has 0 N–H and O–H groups in total. The number of amides is 1. The monoisotopic (exact) mass is 325 g/mol. The number of likely N-dealkylation sites (tertiary alicyclic amines) is 1. The van der Waals surface area contributed by atoms with E-state index in [1.807, 2.05) is 17.9 Å². The normalized spacial score (nSPS) is 26.0. The fourth-order valence-electron chi connectivity index (χ4n) is 4.08. The molecule has 1 saturated carbocycles. The summed E-state index contributed by atoms with van der Waals surface area (Å²) in [7, 11) is 0. The standard InChI is InChI=1S/C19H21N2OS/c1-11-5-4-6-15(9-11)18-17(20-13(3)23-18)19(22)21-12(2)14-7-8-16(21)10-14/h4-6,9,12,14,16H,2,7-8,10H2,1,3H3/t12-,14-,16+/m0/s1. The third-order valence-electron chi connectivity index (χ3n) is 5.19. The van der Waals surface area contributed by atoms with E-state index in [4.69, 9.17) is 0 Å². The molecule has 2 bridgehead atoms. The molecule has 0 spiro atoms. The van der Waals surface area contributed by atoms with Crippen LogP contribution in [0.1, 0.15) is 40.3 Å². The van der Waals surface area contributed by atoms with Crippen LogP contribution in [0, 0.1) is 26.7 Å². The molecule has 1 saturated heterocycles. The number of hydrogen-bond donors (Lipinski definition) is 0. The molecular weight excluding hydrogens is 304 g/mol. The van der Waals surface area contributed by atoms with Crippen molar-refractivity contribution in [3.05, 3.63) is 47.5 Å². The van der Waals surface area contributed by atoms with E-state index in [2.05, 4.69) is 37.0 Å². The van der Waals surface area contributed by atoms with Crippen molar-refractivity contribution >= 4 is 17.2 Å². The first-order chi connectivity index (χ1) is 11.0. The van der Waals surface area contributed by atoms with Gasteiger partial charge in [0.1, 0.15) is 5.69 Å². The molecule has 3 nitrogen and oxygen atoms in total. The number of nitrogens with zero attached hydrogens (tertiary/aromatic N) is 2. The molecule has 119 valence electrons. The minimum Gasteiger partial charge on any atom is -0.331 e. The van der Waals surface area contributed by atoms with Crippen molar-refractivity contribution in [1.82, 2.24) is 9.88 Å². The number of benzene rings is 1. The van der Waals surface area contributed by atoms with Gasteiger partial charge in [0, 0.05) is 12.1 Å². The van der Waals surface area contributed by atoms with E-state index in [0.29, 0.717) is 17.7 Å². The molecule has 1 amide bonds. The lowest BCUT2D eigenvalue weighted by Gasteiger charge is -2.32. The van der Waals surface area contributed by atoms with Crippen molar-refractivity contribution in [3.8, 4) is 10.4 Å². The van der Waals surface area contributed by atoms with E-state index in [9.17, 15) is 4.79 Å². The maximum absolute atomic E-state index is 13.2. The molecule has 2 aliphatic rings. The SMILES string of the molecule is [CH2][C@H]1[C@H]2CC[C@H](C2)N1C(=O)c1nc(C)sc1-c1cccc(C)c1. The summed E-state index contributed by atoms with van der Waals surface area (Å²) >= 11 is 1.61. The lowest BCUT2D eigenvalue weighted by molar-refractivity contribution is 0.0636. The van der Waals surface area contributed by atoms with Crippen molar-refractivity contribution in [3.63, 3.8) is 0 Å². The summed E-state index contributed by atoms with van der Waals surface area (Å²) in [5.74, 6) is 0.643. The molecule has 4 rings (SSSR count). The van der Waals surface area contributed by atoms with Crippen LogP contribution in [0.2, 0.25) is 0 Å². The molecule has 0 unspecified atom stereocenters. The van der Waals surface area contributed by atoms with Crippen LogP contribution in [0.25, 0.3) is 10.4 Å². The molecule has 1 aromatic heterocycles. The molecule has 1 aromatic carbocycles. The van der Waals surface area contributed by atoms with Crippen molar-refractivity contribution in [2.24, 2.45) is 5.92 Å². The molecular formula is C19H21N2OS. The lowest BCUT2D eigenvalue weighted by Crippen LogP contribution is -2.43. The Hall–Kier alpha value is -1.68. The molecule has 23 heavy (non-hydrogen) atoms. The Bertz CT molecular complexity index is 764. The van der Waals surface area contributed by atoms with Gasteiger partial charge in [-0.3, -0.25) is 4.79 Å². The summed E-state index contributed by atoms with van der Waals surface area (Å²) in [6, 6.07) is 8.77. The molecule has 1 radical (unpaired) electrons. The van der Waals surface area contributed by atoms with Crippen LogP contribution in [0.3, 0.4) is 0 Å². The first-order valence-corrected chi connectivity index (χ1v) is 9.06. The zero-order chi connectivity index (χ0) is 16.1. The maximum Gasteiger partial charge on any atom is 0.274 e. The first kappa shape index (κ1) is 14.9.